The van der Waals surface area contributed by atoms with Crippen LogP contribution in [0.25, 0.3) is 33.2 Å². The van der Waals surface area contributed by atoms with Gasteiger partial charge in [0.15, 0.2) is 0 Å². The van der Waals surface area contributed by atoms with Crippen molar-refractivity contribution in [1.29, 1.82) is 0 Å². The lowest BCUT2D eigenvalue weighted by Crippen LogP contribution is -2.31. The van der Waals surface area contributed by atoms with Crippen LogP contribution < -0.4 is 10.5 Å². The smallest absolute Gasteiger partial charge is 0.254 e. The van der Waals surface area contributed by atoms with Crippen molar-refractivity contribution >= 4 is 28.0 Å². The number of carbonyl (C=O) groups excluding carboxylic acids is 1. The van der Waals surface area contributed by atoms with E-state index in [1.165, 1.54) is 0 Å². The van der Waals surface area contributed by atoms with Gasteiger partial charge in [-0.2, -0.15) is 0 Å². The van der Waals surface area contributed by atoms with Gasteiger partial charge in [0.05, 0.1) is 40.8 Å². The zero-order valence-electron chi connectivity index (χ0n) is 20.4. The minimum Gasteiger partial charge on any atom is -0.491 e. The summed E-state index contributed by atoms with van der Waals surface area (Å²) in [5, 5.41) is 0. The highest BCUT2D eigenvalue weighted by atomic mass is 19.1. The first-order chi connectivity index (χ1) is 17.5. The number of nitrogens with one attached hydrogen (secondary N) is 1. The molecule has 0 bridgehead atoms. The Hall–Kier alpha value is -3.46. The van der Waals surface area contributed by atoms with E-state index in [0.717, 1.165) is 60.8 Å². The summed E-state index contributed by atoms with van der Waals surface area (Å²) in [4.78, 5) is 26.9. The highest BCUT2D eigenvalue weighted by molar-refractivity contribution is 6.10. The van der Waals surface area contributed by atoms with Crippen molar-refractivity contribution in [3.8, 4) is 16.9 Å². The third-order valence-corrected chi connectivity index (χ3v) is 7.91. The second-order valence-corrected chi connectivity index (χ2v) is 10.1. The van der Waals surface area contributed by atoms with E-state index < -0.39 is 12.1 Å². The predicted molar refractivity (Wildman–Crippen MR) is 137 cm³/mol. The van der Waals surface area contributed by atoms with Gasteiger partial charge in [-0.25, -0.2) is 14.4 Å². The molecule has 188 valence electrons. The Morgan fingerprint density at radius 1 is 1.19 bits per heavy atom. The molecule has 1 saturated carbocycles. The molecular formula is C27H31FN6O2. The van der Waals surface area contributed by atoms with Gasteiger partial charge in [-0.15, -0.1) is 0 Å². The second kappa shape index (κ2) is 9.20. The van der Waals surface area contributed by atoms with Gasteiger partial charge >= 0.3 is 0 Å². The maximum Gasteiger partial charge on any atom is 0.254 e. The Morgan fingerprint density at radius 2 is 2.06 bits per heavy atom. The fourth-order valence-corrected chi connectivity index (χ4v) is 5.88. The summed E-state index contributed by atoms with van der Waals surface area (Å²) in [7, 11) is 2.09. The van der Waals surface area contributed by atoms with Gasteiger partial charge < -0.3 is 24.9 Å². The maximum atomic E-state index is 14.7. The number of benzene rings is 2. The number of nitrogens with two attached hydrogens (primary N) is 1. The largest absolute Gasteiger partial charge is 0.491 e. The standard InChI is InChI=1S/C27H31FN6O2/c1-33-10-4-5-17(33)13-36-23-12-18(25-26(31-14-30-25)24(23)27(29)35)16-8-9-22-20(11-16)32-15-34(22)21-7-3-2-6-19(21)28/h8-9,11-12,14-15,17,19,21H,2-7,10,13H2,1H3,(H2,29,35)(H,30,31)/t17-,19-,21-/m1/s1. The molecule has 0 radical (unpaired) electrons. The maximum absolute atomic E-state index is 14.7. The zero-order chi connectivity index (χ0) is 24.8. The van der Waals surface area contributed by atoms with Gasteiger partial charge in [-0.3, -0.25) is 4.79 Å². The first-order valence-electron chi connectivity index (χ1n) is 12.7. The Kier molecular flexibility index (Phi) is 5.87. The molecule has 2 fully saturated rings. The summed E-state index contributed by atoms with van der Waals surface area (Å²) in [5.41, 5.74) is 10.7. The summed E-state index contributed by atoms with van der Waals surface area (Å²) < 4.78 is 22.9. The molecule has 8 nitrogen and oxygen atoms in total. The van der Waals surface area contributed by atoms with Crippen LogP contribution in [-0.2, 0) is 0 Å². The van der Waals surface area contributed by atoms with Gasteiger partial charge in [0.1, 0.15) is 24.1 Å². The van der Waals surface area contributed by atoms with Crippen LogP contribution in [0.3, 0.4) is 0 Å². The molecule has 3 N–H and O–H groups in total. The molecule has 2 aromatic carbocycles. The van der Waals surface area contributed by atoms with Crippen LogP contribution in [0.1, 0.15) is 54.9 Å². The number of fused-ring (bicyclic) bond motifs is 2. The van der Waals surface area contributed by atoms with Crippen molar-refractivity contribution in [2.75, 3.05) is 20.2 Å². The monoisotopic (exact) mass is 490 g/mol. The molecule has 9 heteroatoms. The van der Waals surface area contributed by atoms with Gasteiger partial charge in [0.2, 0.25) is 0 Å². The SMILES string of the molecule is CN1CCC[C@@H]1COc1cc(-c2ccc3c(c2)ncn3[C@@H]2CCCC[C@H]2F)c2nc[nH]c2c1C(N)=O. The number of imidazole rings is 2. The highest BCUT2D eigenvalue weighted by Crippen LogP contribution is 2.38. The number of ether oxygens (including phenoxy) is 1. The lowest BCUT2D eigenvalue weighted by atomic mass is 9.93. The van der Waals surface area contributed by atoms with E-state index in [1.54, 1.807) is 12.7 Å². The second-order valence-electron chi connectivity index (χ2n) is 10.1. The lowest BCUT2D eigenvalue weighted by molar-refractivity contribution is 0.0996. The number of amides is 1. The molecular weight excluding hydrogens is 459 g/mol. The molecule has 0 spiro atoms. The number of hydrogen-bond acceptors (Lipinski definition) is 5. The van der Waals surface area contributed by atoms with Crippen LogP contribution in [0.5, 0.6) is 5.75 Å². The summed E-state index contributed by atoms with van der Waals surface area (Å²) in [6.45, 7) is 1.52. The Morgan fingerprint density at radius 3 is 2.83 bits per heavy atom. The predicted octanol–water partition coefficient (Wildman–Crippen LogP) is 4.60. The molecule has 1 aliphatic heterocycles. The minimum atomic E-state index is -0.848. The van der Waals surface area contributed by atoms with Crippen molar-refractivity contribution in [2.24, 2.45) is 5.73 Å². The van der Waals surface area contributed by atoms with Gasteiger partial charge in [-0.05, 0) is 63.0 Å². The van der Waals surface area contributed by atoms with Crippen LogP contribution >= 0.6 is 0 Å². The minimum absolute atomic E-state index is 0.170. The normalized spacial score (nSPS) is 23.0. The summed E-state index contributed by atoms with van der Waals surface area (Å²) >= 11 is 0. The molecule has 3 atom stereocenters. The molecule has 2 aromatic heterocycles. The first-order valence-corrected chi connectivity index (χ1v) is 12.7. The fourth-order valence-electron chi connectivity index (χ4n) is 5.88. The van der Waals surface area contributed by atoms with Crippen molar-refractivity contribution in [3.05, 3.63) is 42.5 Å². The van der Waals surface area contributed by atoms with E-state index >= 15 is 0 Å². The van der Waals surface area contributed by atoms with Crippen molar-refractivity contribution in [3.63, 3.8) is 0 Å². The first kappa shape index (κ1) is 23.0. The number of halogens is 1. The van der Waals surface area contributed by atoms with E-state index in [2.05, 4.69) is 26.9 Å². The molecule has 1 amide bonds. The van der Waals surface area contributed by atoms with E-state index in [9.17, 15) is 9.18 Å². The number of primary amides is 1. The van der Waals surface area contributed by atoms with Crippen LogP contribution in [0.4, 0.5) is 4.39 Å². The number of hydrogen-bond donors (Lipinski definition) is 2. The van der Waals surface area contributed by atoms with Gasteiger partial charge in [0.25, 0.3) is 5.91 Å². The number of aromatic nitrogens is 4. The highest BCUT2D eigenvalue weighted by Gasteiger charge is 2.28. The fraction of sp³-hybridized carbons (Fsp3) is 0.444. The summed E-state index contributed by atoms with van der Waals surface area (Å²) in [6, 6.07) is 7.97. The number of likely N-dealkylation sites (N-methyl/N-ethyl adjacent to an activating group) is 1. The Bertz CT molecular complexity index is 1430. The zero-order valence-corrected chi connectivity index (χ0v) is 20.4. The van der Waals surface area contributed by atoms with Crippen molar-refractivity contribution < 1.29 is 13.9 Å². The van der Waals surface area contributed by atoms with Crippen LogP contribution in [-0.4, -0.2) is 62.7 Å². The van der Waals surface area contributed by atoms with E-state index in [1.807, 2.05) is 28.8 Å². The summed E-state index contributed by atoms with van der Waals surface area (Å²) in [5.74, 6) is -0.115. The average Bonchev–Trinajstić information content (AvgIpc) is 3.61. The molecule has 2 aliphatic rings. The molecule has 0 unspecified atom stereocenters. The van der Waals surface area contributed by atoms with Gasteiger partial charge in [-0.1, -0.05) is 18.9 Å². The topological polar surface area (TPSA) is 102 Å². The molecule has 6 rings (SSSR count). The number of nitrogens with zero attached hydrogens (tertiary/aromatic N) is 4. The number of H-pyrrole nitrogens is 1. The van der Waals surface area contributed by atoms with Crippen LogP contribution in [0, 0.1) is 0 Å². The van der Waals surface area contributed by atoms with E-state index in [-0.39, 0.29) is 6.04 Å². The number of carbonyl (C=O) groups is 1. The lowest BCUT2D eigenvalue weighted by Gasteiger charge is -2.27. The third-order valence-electron chi connectivity index (χ3n) is 7.91. The Balaban J connectivity index is 1.41. The van der Waals surface area contributed by atoms with Crippen LogP contribution in [0.15, 0.2) is 36.9 Å². The average molecular weight is 491 g/mol. The number of alkyl halides is 1. The van der Waals surface area contributed by atoms with Gasteiger partial charge in [0, 0.05) is 11.6 Å². The van der Waals surface area contributed by atoms with E-state index in [4.69, 9.17) is 10.5 Å². The molecule has 3 heterocycles. The molecule has 1 saturated heterocycles. The van der Waals surface area contributed by atoms with Crippen LogP contribution in [0.2, 0.25) is 0 Å². The number of aromatic amines is 1. The number of rotatable bonds is 6. The van der Waals surface area contributed by atoms with E-state index in [0.29, 0.717) is 41.4 Å². The Labute approximate surface area is 208 Å². The molecule has 36 heavy (non-hydrogen) atoms. The quantitative estimate of drug-likeness (QED) is 0.411. The van der Waals surface area contributed by atoms with Crippen molar-refractivity contribution in [1.82, 2.24) is 24.4 Å². The molecule has 4 aromatic rings. The molecule has 1 aliphatic carbocycles. The summed E-state index contributed by atoms with van der Waals surface area (Å²) in [6.07, 6.45) is 8.06. The van der Waals surface area contributed by atoms with Crippen molar-refractivity contribution in [2.45, 2.75) is 56.8 Å². The third kappa shape index (κ3) is 3.91. The number of likely N-dealkylation sites (tertiary alicyclic amines) is 1.